The number of hydrogen-bond donors (Lipinski definition) is 1. The smallest absolute Gasteiger partial charge is 0.322 e. The van der Waals surface area contributed by atoms with Crippen molar-refractivity contribution < 1.29 is 9.53 Å². The Morgan fingerprint density at radius 1 is 1.73 bits per heavy atom. The molecule has 1 saturated heterocycles. The zero-order chi connectivity index (χ0) is 8.27. The van der Waals surface area contributed by atoms with E-state index in [2.05, 4.69) is 16.0 Å². The van der Waals surface area contributed by atoms with E-state index < -0.39 is 0 Å². The van der Waals surface area contributed by atoms with E-state index in [-0.39, 0.29) is 18.1 Å². The van der Waals surface area contributed by atoms with Gasteiger partial charge in [0.15, 0.2) is 0 Å². The van der Waals surface area contributed by atoms with Crippen molar-refractivity contribution in [2.24, 2.45) is 0 Å². The summed E-state index contributed by atoms with van der Waals surface area (Å²) in [5, 5.41) is 2.98. The van der Waals surface area contributed by atoms with Crippen molar-refractivity contribution in [3.05, 3.63) is 0 Å². The molecule has 3 heteroatoms. The van der Waals surface area contributed by atoms with Gasteiger partial charge in [0.1, 0.15) is 6.04 Å². The lowest BCUT2D eigenvalue weighted by molar-refractivity contribution is -0.142. The van der Waals surface area contributed by atoms with Gasteiger partial charge in [-0.15, -0.1) is 6.42 Å². The Hall–Kier alpha value is -1.01. The molecule has 0 aromatic carbocycles. The first-order valence-electron chi connectivity index (χ1n) is 3.58. The van der Waals surface area contributed by atoms with Crippen LogP contribution in [0.15, 0.2) is 0 Å². The number of ether oxygens (including phenoxy) is 1. The lowest BCUT2D eigenvalue weighted by atomic mass is 10.2. The first-order chi connectivity index (χ1) is 5.27. The molecule has 0 amide bonds. The number of carbonyl (C=O) groups is 1. The van der Waals surface area contributed by atoms with Gasteiger partial charge in [0.05, 0.1) is 13.2 Å². The van der Waals surface area contributed by atoms with Crippen LogP contribution in [-0.4, -0.2) is 25.2 Å². The summed E-state index contributed by atoms with van der Waals surface area (Å²) in [4.78, 5) is 10.9. The molecule has 0 spiro atoms. The molecule has 0 bridgehead atoms. The van der Waals surface area contributed by atoms with Gasteiger partial charge in [-0.3, -0.25) is 10.1 Å². The van der Waals surface area contributed by atoms with Gasteiger partial charge >= 0.3 is 5.97 Å². The van der Waals surface area contributed by atoms with Gasteiger partial charge in [0.25, 0.3) is 0 Å². The Morgan fingerprint density at radius 2 is 2.45 bits per heavy atom. The molecule has 11 heavy (non-hydrogen) atoms. The highest BCUT2D eigenvalue weighted by atomic mass is 16.5. The van der Waals surface area contributed by atoms with Gasteiger partial charge in [0, 0.05) is 0 Å². The summed E-state index contributed by atoms with van der Waals surface area (Å²) in [6, 6.07) is -0.153. The molecule has 0 saturated carbocycles. The Balaban J connectivity index is 2.43. The van der Waals surface area contributed by atoms with Crippen molar-refractivity contribution >= 4 is 5.97 Å². The minimum absolute atomic E-state index is 0.0408. The molecule has 60 valence electrons. The third kappa shape index (κ3) is 1.72. The van der Waals surface area contributed by atoms with Crippen LogP contribution in [0.5, 0.6) is 0 Å². The zero-order valence-electron chi connectivity index (χ0n) is 6.46. The van der Waals surface area contributed by atoms with E-state index in [1.165, 1.54) is 7.11 Å². The van der Waals surface area contributed by atoms with E-state index in [4.69, 9.17) is 6.42 Å². The fourth-order valence-corrected chi connectivity index (χ4v) is 1.20. The molecular weight excluding hydrogens is 142 g/mol. The average Bonchev–Trinajstić information content (AvgIpc) is 2.50. The molecule has 0 aromatic heterocycles. The van der Waals surface area contributed by atoms with Crippen LogP contribution in [0.25, 0.3) is 0 Å². The lowest BCUT2D eigenvalue weighted by Gasteiger charge is -2.07. The highest BCUT2D eigenvalue weighted by molar-refractivity contribution is 5.76. The molecule has 1 heterocycles. The summed E-state index contributed by atoms with van der Waals surface area (Å²) < 4.78 is 4.56. The topological polar surface area (TPSA) is 38.3 Å². The number of carbonyl (C=O) groups excluding carboxylic acids is 1. The summed E-state index contributed by atoms with van der Waals surface area (Å²) in [5.41, 5.74) is 0. The van der Waals surface area contributed by atoms with E-state index in [9.17, 15) is 4.79 Å². The van der Waals surface area contributed by atoms with E-state index in [1.807, 2.05) is 0 Å². The maximum absolute atomic E-state index is 10.9. The van der Waals surface area contributed by atoms with Gasteiger partial charge in [0.2, 0.25) is 0 Å². The maximum Gasteiger partial charge on any atom is 0.322 e. The summed E-state index contributed by atoms with van der Waals surface area (Å²) in [6.07, 6.45) is 6.81. The average molecular weight is 153 g/mol. The van der Waals surface area contributed by atoms with Crippen LogP contribution < -0.4 is 5.32 Å². The van der Waals surface area contributed by atoms with Gasteiger partial charge in [-0.05, 0) is 12.8 Å². The Morgan fingerprint density at radius 3 is 2.91 bits per heavy atom. The Kier molecular flexibility index (Phi) is 2.50. The lowest BCUT2D eigenvalue weighted by Crippen LogP contribution is -2.35. The molecular formula is C8H11NO2. The molecule has 2 atom stereocenters. The van der Waals surface area contributed by atoms with E-state index in [0.29, 0.717) is 0 Å². The van der Waals surface area contributed by atoms with Crippen molar-refractivity contribution in [3.63, 3.8) is 0 Å². The van der Waals surface area contributed by atoms with E-state index in [1.54, 1.807) is 0 Å². The van der Waals surface area contributed by atoms with Gasteiger partial charge in [-0.25, -0.2) is 0 Å². The predicted molar refractivity (Wildman–Crippen MR) is 40.8 cm³/mol. The summed E-state index contributed by atoms with van der Waals surface area (Å²) in [5.74, 6) is 2.33. The minimum Gasteiger partial charge on any atom is -0.468 e. The van der Waals surface area contributed by atoms with Gasteiger partial charge in [-0.2, -0.15) is 0 Å². The van der Waals surface area contributed by atoms with E-state index in [0.717, 1.165) is 12.8 Å². The molecule has 3 nitrogen and oxygen atoms in total. The summed E-state index contributed by atoms with van der Waals surface area (Å²) in [6.45, 7) is 0. The number of rotatable bonds is 1. The third-order valence-electron chi connectivity index (χ3n) is 1.83. The van der Waals surface area contributed by atoms with Crippen molar-refractivity contribution in [1.82, 2.24) is 5.32 Å². The second kappa shape index (κ2) is 3.40. The quantitative estimate of drug-likeness (QED) is 0.423. The summed E-state index contributed by atoms with van der Waals surface area (Å²) in [7, 11) is 1.38. The highest BCUT2D eigenvalue weighted by Crippen LogP contribution is 2.12. The predicted octanol–water partition coefficient (Wildman–Crippen LogP) is -0.0868. The van der Waals surface area contributed by atoms with Crippen LogP contribution >= 0.6 is 0 Å². The number of nitrogens with one attached hydrogen (secondary N) is 1. The molecule has 1 aliphatic rings. The van der Waals surface area contributed by atoms with Crippen LogP contribution in [0.2, 0.25) is 0 Å². The number of methoxy groups -OCH3 is 1. The standard InChI is InChI=1S/C8H11NO2/c1-3-6-4-5-7(9-6)8(10)11-2/h1,6-7,9H,4-5H2,2H3/t6-,7?/m0/s1. The molecule has 1 N–H and O–H groups in total. The Bertz CT molecular complexity index is 195. The fraction of sp³-hybridized carbons (Fsp3) is 0.625. The molecule has 0 radical (unpaired) electrons. The second-order valence-corrected chi connectivity index (χ2v) is 2.54. The van der Waals surface area contributed by atoms with Crippen LogP contribution in [0.4, 0.5) is 0 Å². The minimum atomic E-state index is -0.220. The maximum atomic E-state index is 10.9. The highest BCUT2D eigenvalue weighted by Gasteiger charge is 2.28. The molecule has 0 aliphatic carbocycles. The summed E-state index contributed by atoms with van der Waals surface area (Å²) >= 11 is 0. The largest absolute Gasteiger partial charge is 0.468 e. The van der Waals surface area contributed by atoms with Gasteiger partial charge in [-0.1, -0.05) is 5.92 Å². The molecule has 1 fully saturated rings. The molecule has 1 unspecified atom stereocenters. The first kappa shape index (κ1) is 8.09. The molecule has 0 aromatic rings. The normalized spacial score (nSPS) is 29.5. The monoisotopic (exact) mass is 153 g/mol. The van der Waals surface area contributed by atoms with Crippen LogP contribution in [0, 0.1) is 12.3 Å². The van der Waals surface area contributed by atoms with Crippen LogP contribution in [0.1, 0.15) is 12.8 Å². The number of hydrogen-bond acceptors (Lipinski definition) is 3. The first-order valence-corrected chi connectivity index (χ1v) is 3.58. The Labute approximate surface area is 66.1 Å². The number of esters is 1. The van der Waals surface area contributed by atoms with E-state index >= 15 is 0 Å². The van der Waals surface area contributed by atoms with Gasteiger partial charge < -0.3 is 4.74 Å². The van der Waals surface area contributed by atoms with Crippen LogP contribution in [-0.2, 0) is 9.53 Å². The van der Waals surface area contributed by atoms with Crippen LogP contribution in [0.3, 0.4) is 0 Å². The van der Waals surface area contributed by atoms with Crippen molar-refractivity contribution in [1.29, 1.82) is 0 Å². The van der Waals surface area contributed by atoms with Crippen molar-refractivity contribution in [3.8, 4) is 12.3 Å². The molecule has 1 rings (SSSR count). The molecule has 1 aliphatic heterocycles. The third-order valence-corrected chi connectivity index (χ3v) is 1.83. The van der Waals surface area contributed by atoms with Crippen molar-refractivity contribution in [2.75, 3.05) is 7.11 Å². The van der Waals surface area contributed by atoms with Crippen molar-refractivity contribution in [2.45, 2.75) is 24.9 Å². The SMILES string of the molecule is C#C[C@H]1CCC(C(=O)OC)N1. The fourth-order valence-electron chi connectivity index (χ4n) is 1.20. The zero-order valence-corrected chi connectivity index (χ0v) is 6.46. The number of terminal acetylenes is 1. The second-order valence-electron chi connectivity index (χ2n) is 2.54.